The highest BCUT2D eigenvalue weighted by Gasteiger charge is 2.47. The SMILES string of the molecule is O=C(NC[C@H]1CN(Cc2ccccc2)CC12CCOCC2)N1CCCC1. The quantitative estimate of drug-likeness (QED) is 0.901. The van der Waals surface area contributed by atoms with Crippen LogP contribution in [-0.4, -0.2) is 61.8 Å². The third kappa shape index (κ3) is 3.89. The van der Waals surface area contributed by atoms with Crippen LogP contribution in [0.2, 0.25) is 0 Å². The van der Waals surface area contributed by atoms with Crippen molar-refractivity contribution in [1.82, 2.24) is 15.1 Å². The van der Waals surface area contributed by atoms with Crippen molar-refractivity contribution in [2.75, 3.05) is 45.9 Å². The number of ether oxygens (including phenoxy) is 1. The van der Waals surface area contributed by atoms with E-state index in [2.05, 4.69) is 40.5 Å². The Labute approximate surface area is 156 Å². The van der Waals surface area contributed by atoms with Gasteiger partial charge in [-0.15, -0.1) is 0 Å². The highest BCUT2D eigenvalue weighted by molar-refractivity contribution is 5.74. The first kappa shape index (κ1) is 17.8. The summed E-state index contributed by atoms with van der Waals surface area (Å²) < 4.78 is 5.65. The molecular weight excluding hydrogens is 326 g/mol. The average molecular weight is 357 g/mol. The molecule has 0 radical (unpaired) electrons. The van der Waals surface area contributed by atoms with Gasteiger partial charge < -0.3 is 15.0 Å². The lowest BCUT2D eigenvalue weighted by molar-refractivity contribution is -0.0000789. The summed E-state index contributed by atoms with van der Waals surface area (Å²) in [6.07, 6.45) is 4.51. The minimum atomic E-state index is 0.131. The molecule has 0 bridgehead atoms. The number of rotatable bonds is 4. The number of carbonyl (C=O) groups is 1. The molecule has 1 spiro atoms. The van der Waals surface area contributed by atoms with E-state index in [1.807, 2.05) is 4.90 Å². The molecule has 3 aliphatic heterocycles. The Morgan fingerprint density at radius 3 is 2.62 bits per heavy atom. The molecule has 0 aliphatic carbocycles. The van der Waals surface area contributed by atoms with Crippen LogP contribution < -0.4 is 5.32 Å². The van der Waals surface area contributed by atoms with Crippen LogP contribution >= 0.6 is 0 Å². The van der Waals surface area contributed by atoms with Crippen molar-refractivity contribution in [2.24, 2.45) is 11.3 Å². The van der Waals surface area contributed by atoms with E-state index in [0.717, 1.165) is 78.2 Å². The monoisotopic (exact) mass is 357 g/mol. The highest BCUT2D eigenvalue weighted by atomic mass is 16.5. The van der Waals surface area contributed by atoms with Gasteiger partial charge in [-0.25, -0.2) is 4.79 Å². The van der Waals surface area contributed by atoms with Crippen molar-refractivity contribution < 1.29 is 9.53 Å². The van der Waals surface area contributed by atoms with Gasteiger partial charge in [-0.1, -0.05) is 30.3 Å². The van der Waals surface area contributed by atoms with E-state index in [-0.39, 0.29) is 6.03 Å². The fraction of sp³-hybridized carbons (Fsp3) is 0.667. The van der Waals surface area contributed by atoms with E-state index < -0.39 is 0 Å². The number of hydrogen-bond acceptors (Lipinski definition) is 3. The molecule has 3 heterocycles. The third-order valence-corrected chi connectivity index (χ3v) is 6.51. The lowest BCUT2D eigenvalue weighted by Crippen LogP contribution is -2.45. The molecule has 0 aromatic heterocycles. The first-order valence-electron chi connectivity index (χ1n) is 10.1. The summed E-state index contributed by atoms with van der Waals surface area (Å²) in [5.41, 5.74) is 1.67. The first-order valence-corrected chi connectivity index (χ1v) is 10.1. The summed E-state index contributed by atoms with van der Waals surface area (Å²) in [6.45, 7) is 7.52. The summed E-state index contributed by atoms with van der Waals surface area (Å²) in [4.78, 5) is 17.0. The highest BCUT2D eigenvalue weighted by Crippen LogP contribution is 2.44. The molecule has 26 heavy (non-hydrogen) atoms. The molecule has 5 heteroatoms. The van der Waals surface area contributed by atoms with Crippen LogP contribution in [0.1, 0.15) is 31.2 Å². The Morgan fingerprint density at radius 2 is 1.88 bits per heavy atom. The van der Waals surface area contributed by atoms with Gasteiger partial charge in [-0.3, -0.25) is 4.90 Å². The lowest BCUT2D eigenvalue weighted by atomic mass is 9.72. The maximum absolute atomic E-state index is 12.4. The first-order chi connectivity index (χ1) is 12.8. The number of likely N-dealkylation sites (tertiary alicyclic amines) is 2. The van der Waals surface area contributed by atoms with Gasteiger partial charge in [0.15, 0.2) is 0 Å². The Balaban J connectivity index is 1.39. The van der Waals surface area contributed by atoms with Gasteiger partial charge in [0.1, 0.15) is 0 Å². The van der Waals surface area contributed by atoms with Crippen molar-refractivity contribution in [3.8, 4) is 0 Å². The minimum absolute atomic E-state index is 0.131. The second-order valence-corrected chi connectivity index (χ2v) is 8.21. The molecule has 0 saturated carbocycles. The summed E-state index contributed by atoms with van der Waals surface area (Å²) in [5.74, 6) is 0.515. The molecule has 5 nitrogen and oxygen atoms in total. The molecule has 1 aromatic carbocycles. The molecular formula is C21H31N3O2. The fourth-order valence-electron chi connectivity index (χ4n) is 4.97. The van der Waals surface area contributed by atoms with Gasteiger partial charge in [-0.05, 0) is 42.6 Å². The van der Waals surface area contributed by atoms with Gasteiger partial charge in [0.05, 0.1) is 0 Å². The predicted octanol–water partition coefficient (Wildman–Crippen LogP) is 2.72. The summed E-state index contributed by atoms with van der Waals surface area (Å²) in [6, 6.07) is 10.8. The second kappa shape index (κ2) is 7.97. The molecule has 2 amide bonds. The van der Waals surface area contributed by atoms with Crippen LogP contribution in [0.15, 0.2) is 30.3 Å². The van der Waals surface area contributed by atoms with Gasteiger partial charge in [-0.2, -0.15) is 0 Å². The van der Waals surface area contributed by atoms with Gasteiger partial charge >= 0.3 is 6.03 Å². The van der Waals surface area contributed by atoms with Crippen LogP contribution in [0.4, 0.5) is 4.79 Å². The van der Waals surface area contributed by atoms with Crippen LogP contribution in [0.5, 0.6) is 0 Å². The van der Waals surface area contributed by atoms with Crippen LogP contribution in [0.25, 0.3) is 0 Å². The van der Waals surface area contributed by atoms with Crippen molar-refractivity contribution in [1.29, 1.82) is 0 Å². The van der Waals surface area contributed by atoms with Crippen LogP contribution in [-0.2, 0) is 11.3 Å². The van der Waals surface area contributed by atoms with Crippen molar-refractivity contribution in [2.45, 2.75) is 32.2 Å². The van der Waals surface area contributed by atoms with E-state index in [1.54, 1.807) is 0 Å². The van der Waals surface area contributed by atoms with Crippen LogP contribution in [0, 0.1) is 11.3 Å². The summed E-state index contributed by atoms with van der Waals surface area (Å²) in [7, 11) is 0. The largest absolute Gasteiger partial charge is 0.381 e. The van der Waals surface area contributed by atoms with Crippen molar-refractivity contribution in [3.63, 3.8) is 0 Å². The number of nitrogens with zero attached hydrogens (tertiary/aromatic N) is 2. The third-order valence-electron chi connectivity index (χ3n) is 6.51. The Kier molecular flexibility index (Phi) is 5.46. The number of amides is 2. The maximum atomic E-state index is 12.4. The van der Waals surface area contributed by atoms with Gasteiger partial charge in [0.25, 0.3) is 0 Å². The zero-order valence-corrected chi connectivity index (χ0v) is 15.7. The summed E-state index contributed by atoms with van der Waals surface area (Å²) in [5, 5.41) is 3.24. The average Bonchev–Trinajstić information content (AvgIpc) is 3.30. The molecule has 1 atom stereocenters. The Hall–Kier alpha value is -1.59. The van der Waals surface area contributed by atoms with Gasteiger partial charge in [0.2, 0.25) is 0 Å². The van der Waals surface area contributed by atoms with E-state index in [9.17, 15) is 4.79 Å². The van der Waals surface area contributed by atoms with E-state index >= 15 is 0 Å². The fourth-order valence-corrected chi connectivity index (χ4v) is 4.97. The lowest BCUT2D eigenvalue weighted by Gasteiger charge is -2.38. The van der Waals surface area contributed by atoms with Crippen molar-refractivity contribution >= 4 is 6.03 Å². The Morgan fingerprint density at radius 1 is 1.15 bits per heavy atom. The molecule has 142 valence electrons. The van der Waals surface area contributed by atoms with Crippen LogP contribution in [0.3, 0.4) is 0 Å². The standard InChI is InChI=1S/C21H31N3O2/c25-20(24-10-4-5-11-24)22-14-19-16-23(15-18-6-2-1-3-7-18)17-21(19)8-12-26-13-9-21/h1-3,6-7,19H,4-5,8-17H2,(H,22,25)/t19-/m0/s1. The number of urea groups is 1. The number of hydrogen-bond donors (Lipinski definition) is 1. The maximum Gasteiger partial charge on any atom is 0.317 e. The normalized spacial score (nSPS) is 25.7. The number of carbonyl (C=O) groups excluding carboxylic acids is 1. The predicted molar refractivity (Wildman–Crippen MR) is 102 cm³/mol. The molecule has 3 aliphatic rings. The second-order valence-electron chi connectivity index (χ2n) is 8.21. The zero-order valence-electron chi connectivity index (χ0n) is 15.7. The molecule has 1 N–H and O–H groups in total. The molecule has 3 saturated heterocycles. The topological polar surface area (TPSA) is 44.8 Å². The van der Waals surface area contributed by atoms with E-state index in [1.165, 1.54) is 5.56 Å². The van der Waals surface area contributed by atoms with Crippen molar-refractivity contribution in [3.05, 3.63) is 35.9 Å². The number of nitrogens with one attached hydrogen (secondary N) is 1. The molecule has 1 aromatic rings. The number of benzene rings is 1. The van der Waals surface area contributed by atoms with E-state index in [4.69, 9.17) is 4.74 Å². The molecule has 4 rings (SSSR count). The Bertz CT molecular complexity index is 595. The van der Waals surface area contributed by atoms with E-state index in [0.29, 0.717) is 11.3 Å². The summed E-state index contributed by atoms with van der Waals surface area (Å²) >= 11 is 0. The van der Waals surface area contributed by atoms with Gasteiger partial charge in [0, 0.05) is 52.5 Å². The zero-order chi connectivity index (χ0) is 17.8. The minimum Gasteiger partial charge on any atom is -0.381 e. The molecule has 0 unspecified atom stereocenters. The smallest absolute Gasteiger partial charge is 0.317 e. The molecule has 3 fully saturated rings.